The number of anilines is 1. The minimum Gasteiger partial charge on any atom is -0.496 e. The zero-order valence-electron chi connectivity index (χ0n) is 12.9. The fourth-order valence-corrected chi connectivity index (χ4v) is 3.96. The van der Waals surface area contributed by atoms with E-state index in [4.69, 9.17) is 9.47 Å². The highest BCUT2D eigenvalue weighted by Gasteiger charge is 2.57. The summed E-state index contributed by atoms with van der Waals surface area (Å²) in [7, 11) is 1.72. The van der Waals surface area contributed by atoms with Crippen molar-refractivity contribution in [3.8, 4) is 5.75 Å². The van der Waals surface area contributed by atoms with Crippen LogP contribution in [0.25, 0.3) is 0 Å². The topological polar surface area (TPSA) is 30.5 Å². The first-order valence-corrected chi connectivity index (χ1v) is 7.57. The predicted octanol–water partition coefficient (Wildman–Crippen LogP) is 3.62. The molecule has 110 valence electrons. The van der Waals surface area contributed by atoms with E-state index in [1.807, 2.05) is 6.07 Å². The lowest BCUT2D eigenvalue weighted by Gasteiger charge is -2.60. The minimum atomic E-state index is 0.207. The molecule has 1 aromatic carbocycles. The summed E-state index contributed by atoms with van der Waals surface area (Å²) in [6.45, 7) is 7.64. The van der Waals surface area contributed by atoms with Crippen LogP contribution >= 0.6 is 0 Å². The van der Waals surface area contributed by atoms with Gasteiger partial charge in [0.05, 0.1) is 13.2 Å². The highest BCUT2D eigenvalue weighted by molar-refractivity contribution is 5.52. The lowest BCUT2D eigenvalue weighted by atomic mass is 9.55. The molecule has 1 saturated carbocycles. The van der Waals surface area contributed by atoms with Crippen molar-refractivity contribution in [2.24, 2.45) is 11.3 Å². The van der Waals surface area contributed by atoms with Crippen molar-refractivity contribution < 1.29 is 9.47 Å². The van der Waals surface area contributed by atoms with Gasteiger partial charge < -0.3 is 14.8 Å². The van der Waals surface area contributed by atoms with Crippen LogP contribution in [0.5, 0.6) is 5.75 Å². The number of aryl methyl sites for hydroxylation is 1. The van der Waals surface area contributed by atoms with Crippen LogP contribution in [0.4, 0.5) is 5.69 Å². The Morgan fingerprint density at radius 2 is 2.15 bits per heavy atom. The van der Waals surface area contributed by atoms with Crippen LogP contribution in [0.1, 0.15) is 32.3 Å². The summed E-state index contributed by atoms with van der Waals surface area (Å²) in [6, 6.07) is 6.82. The fraction of sp³-hybridized carbons (Fsp3) is 0.647. The average Bonchev–Trinajstić information content (AvgIpc) is 2.45. The van der Waals surface area contributed by atoms with E-state index in [-0.39, 0.29) is 5.41 Å². The van der Waals surface area contributed by atoms with E-state index in [2.05, 4.69) is 38.2 Å². The van der Waals surface area contributed by atoms with E-state index < -0.39 is 0 Å². The monoisotopic (exact) mass is 275 g/mol. The van der Waals surface area contributed by atoms with Crippen LogP contribution in [0, 0.1) is 18.3 Å². The van der Waals surface area contributed by atoms with Crippen molar-refractivity contribution in [3.05, 3.63) is 23.8 Å². The van der Waals surface area contributed by atoms with E-state index in [1.165, 1.54) is 24.1 Å². The number of rotatable bonds is 3. The van der Waals surface area contributed by atoms with Crippen LogP contribution in [-0.2, 0) is 4.74 Å². The van der Waals surface area contributed by atoms with Gasteiger partial charge in [0.1, 0.15) is 5.75 Å². The Balaban J connectivity index is 1.75. The van der Waals surface area contributed by atoms with Crippen molar-refractivity contribution in [2.75, 3.05) is 19.0 Å². The lowest BCUT2D eigenvalue weighted by Crippen LogP contribution is -2.67. The number of nitrogens with one attached hydrogen (secondary N) is 1. The smallest absolute Gasteiger partial charge is 0.121 e. The van der Waals surface area contributed by atoms with Gasteiger partial charge in [-0.25, -0.2) is 0 Å². The molecule has 1 heterocycles. The maximum absolute atomic E-state index is 5.96. The highest BCUT2D eigenvalue weighted by Crippen LogP contribution is 2.52. The van der Waals surface area contributed by atoms with E-state index in [0.717, 1.165) is 12.4 Å². The standard InChI is InChI=1S/C17H25NO2/c1-11-10-12(7-8-14(11)19-4)18-15-13-6-5-9-20-16(13)17(15,2)3/h7-8,10,13,15-16,18H,5-6,9H2,1-4H3. The number of benzene rings is 1. The third-order valence-corrected chi connectivity index (χ3v) is 5.05. The summed E-state index contributed by atoms with van der Waals surface area (Å²) in [4.78, 5) is 0. The predicted molar refractivity (Wildman–Crippen MR) is 81.4 cm³/mol. The molecule has 1 saturated heterocycles. The van der Waals surface area contributed by atoms with Gasteiger partial charge >= 0.3 is 0 Å². The van der Waals surface area contributed by atoms with Crippen molar-refractivity contribution in [2.45, 2.75) is 45.8 Å². The summed E-state index contributed by atoms with van der Waals surface area (Å²) in [5.74, 6) is 1.60. The molecular formula is C17H25NO2. The third kappa shape index (κ3) is 2.08. The van der Waals surface area contributed by atoms with E-state index in [1.54, 1.807) is 7.11 Å². The molecule has 0 radical (unpaired) electrons. The summed E-state index contributed by atoms with van der Waals surface area (Å²) in [5, 5.41) is 3.72. The van der Waals surface area contributed by atoms with Gasteiger partial charge in [0.25, 0.3) is 0 Å². The van der Waals surface area contributed by atoms with Gasteiger partial charge in [-0.2, -0.15) is 0 Å². The van der Waals surface area contributed by atoms with Gasteiger partial charge in [-0.05, 0) is 43.5 Å². The van der Waals surface area contributed by atoms with Crippen LogP contribution < -0.4 is 10.1 Å². The SMILES string of the molecule is COc1ccc(NC2C3CCCOC3C2(C)C)cc1C. The van der Waals surface area contributed by atoms with Crippen molar-refractivity contribution >= 4 is 5.69 Å². The van der Waals surface area contributed by atoms with Crippen LogP contribution in [0.2, 0.25) is 0 Å². The molecule has 1 N–H and O–H groups in total. The summed E-state index contributed by atoms with van der Waals surface area (Å²) >= 11 is 0. The first-order valence-electron chi connectivity index (χ1n) is 7.57. The lowest BCUT2D eigenvalue weighted by molar-refractivity contribution is -0.177. The minimum absolute atomic E-state index is 0.207. The molecule has 3 unspecified atom stereocenters. The Morgan fingerprint density at radius 1 is 1.35 bits per heavy atom. The Bertz CT molecular complexity index is 498. The van der Waals surface area contributed by atoms with Crippen LogP contribution in [0.3, 0.4) is 0 Å². The molecule has 1 aliphatic carbocycles. The number of hydrogen-bond donors (Lipinski definition) is 1. The zero-order valence-corrected chi connectivity index (χ0v) is 12.9. The quantitative estimate of drug-likeness (QED) is 0.914. The zero-order chi connectivity index (χ0) is 14.3. The summed E-state index contributed by atoms with van der Waals surface area (Å²) < 4.78 is 11.3. The molecule has 0 aromatic heterocycles. The van der Waals surface area contributed by atoms with Crippen LogP contribution in [0.15, 0.2) is 18.2 Å². The normalized spacial score (nSPS) is 31.1. The van der Waals surface area contributed by atoms with Gasteiger partial charge in [0.2, 0.25) is 0 Å². The maximum atomic E-state index is 5.96. The second-order valence-corrected chi connectivity index (χ2v) is 6.73. The van der Waals surface area contributed by atoms with Crippen molar-refractivity contribution in [3.63, 3.8) is 0 Å². The molecule has 1 aromatic rings. The average molecular weight is 275 g/mol. The van der Waals surface area contributed by atoms with Crippen molar-refractivity contribution in [1.82, 2.24) is 0 Å². The fourth-order valence-electron chi connectivity index (χ4n) is 3.96. The second-order valence-electron chi connectivity index (χ2n) is 6.73. The summed E-state index contributed by atoms with van der Waals surface area (Å²) in [6.07, 6.45) is 2.89. The molecule has 20 heavy (non-hydrogen) atoms. The number of ether oxygens (including phenoxy) is 2. The Kier molecular flexibility index (Phi) is 3.41. The number of methoxy groups -OCH3 is 1. The molecule has 0 amide bonds. The van der Waals surface area contributed by atoms with Gasteiger partial charge in [0.15, 0.2) is 0 Å². The van der Waals surface area contributed by atoms with E-state index in [9.17, 15) is 0 Å². The second kappa shape index (κ2) is 4.96. The van der Waals surface area contributed by atoms with E-state index >= 15 is 0 Å². The van der Waals surface area contributed by atoms with Gasteiger partial charge in [0, 0.05) is 29.7 Å². The Hall–Kier alpha value is -1.22. The largest absolute Gasteiger partial charge is 0.496 e. The highest BCUT2D eigenvalue weighted by atomic mass is 16.5. The van der Waals surface area contributed by atoms with Crippen LogP contribution in [-0.4, -0.2) is 25.9 Å². The molecule has 3 heteroatoms. The summed E-state index contributed by atoms with van der Waals surface area (Å²) in [5.41, 5.74) is 2.57. The maximum Gasteiger partial charge on any atom is 0.121 e. The number of fused-ring (bicyclic) bond motifs is 1. The first kappa shape index (κ1) is 13.7. The molecule has 3 rings (SSSR count). The van der Waals surface area contributed by atoms with Crippen molar-refractivity contribution in [1.29, 1.82) is 0 Å². The first-order chi connectivity index (χ1) is 9.54. The molecule has 2 aliphatic rings. The number of hydrogen-bond acceptors (Lipinski definition) is 3. The Morgan fingerprint density at radius 3 is 2.85 bits per heavy atom. The molecule has 3 nitrogen and oxygen atoms in total. The van der Waals surface area contributed by atoms with Gasteiger partial charge in [-0.1, -0.05) is 13.8 Å². The third-order valence-electron chi connectivity index (χ3n) is 5.05. The van der Waals surface area contributed by atoms with Gasteiger partial charge in [-0.3, -0.25) is 0 Å². The molecule has 0 spiro atoms. The molecule has 3 atom stereocenters. The Labute approximate surface area is 121 Å². The molecular weight excluding hydrogens is 250 g/mol. The van der Waals surface area contributed by atoms with Gasteiger partial charge in [-0.15, -0.1) is 0 Å². The molecule has 1 aliphatic heterocycles. The molecule has 0 bridgehead atoms. The van der Waals surface area contributed by atoms with E-state index in [0.29, 0.717) is 18.1 Å². The molecule has 2 fully saturated rings.